The van der Waals surface area contributed by atoms with Crippen LogP contribution in [0.25, 0.3) is 0 Å². The van der Waals surface area contributed by atoms with Gasteiger partial charge in [-0.1, -0.05) is 13.0 Å². The van der Waals surface area contributed by atoms with Gasteiger partial charge >= 0.3 is 18.2 Å². The fourth-order valence-corrected chi connectivity index (χ4v) is 5.40. The summed E-state index contributed by atoms with van der Waals surface area (Å²) in [7, 11) is -3.08. The maximum atomic E-state index is 14.8. The molecule has 2 aliphatic heterocycles. The molecule has 2 heterocycles. The zero-order chi connectivity index (χ0) is 25.8. The van der Waals surface area contributed by atoms with Gasteiger partial charge in [0.25, 0.3) is 0 Å². The van der Waals surface area contributed by atoms with Crippen molar-refractivity contribution >= 4 is 39.6 Å². The van der Waals surface area contributed by atoms with Crippen molar-refractivity contribution in [1.82, 2.24) is 4.90 Å². The number of carbonyl (C=O) groups excluding carboxylic acids is 4. The maximum absolute atomic E-state index is 14.8. The SMILES string of the molecule is CCC(=O)OCOC(=O)N(C[C@H]1CN(c2ccc(C3CCS(=O)(=O)CC3)c(F)c2)C(=O)O1)C(C)=O. The van der Waals surface area contributed by atoms with E-state index in [1.54, 1.807) is 13.0 Å². The van der Waals surface area contributed by atoms with Crippen LogP contribution >= 0.6 is 0 Å². The number of benzene rings is 1. The molecule has 0 aliphatic carbocycles. The molecule has 2 aliphatic rings. The number of rotatable bonds is 7. The summed E-state index contributed by atoms with van der Waals surface area (Å²) >= 11 is 0. The number of halogens is 1. The van der Waals surface area contributed by atoms with E-state index >= 15 is 0 Å². The Hall–Kier alpha value is -3.22. The van der Waals surface area contributed by atoms with Crippen molar-refractivity contribution in [2.24, 2.45) is 0 Å². The summed E-state index contributed by atoms with van der Waals surface area (Å²) in [6, 6.07) is 4.26. The molecule has 192 valence electrons. The van der Waals surface area contributed by atoms with Gasteiger partial charge in [-0.3, -0.25) is 14.5 Å². The van der Waals surface area contributed by atoms with Crippen LogP contribution in [0.5, 0.6) is 0 Å². The molecule has 0 radical (unpaired) electrons. The second kappa shape index (κ2) is 11.0. The average molecular weight is 515 g/mol. The Kier molecular flexibility index (Phi) is 8.30. The lowest BCUT2D eigenvalue weighted by Crippen LogP contribution is -2.42. The predicted octanol–water partition coefficient (Wildman–Crippen LogP) is 2.34. The molecule has 1 aromatic rings. The fraction of sp³-hybridized carbons (Fsp3) is 0.545. The summed E-state index contributed by atoms with van der Waals surface area (Å²) in [6.07, 6.45) is -1.99. The molecule has 1 atom stereocenters. The van der Waals surface area contributed by atoms with Crippen molar-refractivity contribution in [2.45, 2.75) is 45.1 Å². The second-order valence-corrected chi connectivity index (χ2v) is 10.6. The van der Waals surface area contributed by atoms with E-state index in [0.29, 0.717) is 23.3 Å². The highest BCUT2D eigenvalue weighted by atomic mass is 32.2. The molecule has 0 unspecified atom stereocenters. The van der Waals surface area contributed by atoms with E-state index in [1.165, 1.54) is 17.0 Å². The molecule has 35 heavy (non-hydrogen) atoms. The standard InChI is InChI=1S/C22H27FN2O9S/c1-3-20(27)32-13-33-21(28)24(14(2)26)11-17-12-25(22(29)34-17)16-4-5-18(19(23)10-16)15-6-8-35(30,31)9-7-15/h4-5,10,15,17H,3,6-9,11-13H2,1-2H3/t17-/m0/s1. The first-order valence-electron chi connectivity index (χ1n) is 11.1. The summed E-state index contributed by atoms with van der Waals surface area (Å²) in [4.78, 5) is 49.5. The normalized spacial score (nSPS) is 19.7. The van der Waals surface area contributed by atoms with Gasteiger partial charge in [-0.15, -0.1) is 0 Å². The quantitative estimate of drug-likeness (QED) is 0.397. The number of ether oxygens (including phenoxy) is 3. The van der Waals surface area contributed by atoms with Crippen molar-refractivity contribution in [1.29, 1.82) is 0 Å². The number of hydrogen-bond donors (Lipinski definition) is 0. The Labute approximate surface area is 202 Å². The Bertz CT molecular complexity index is 1090. The Morgan fingerprint density at radius 1 is 1.20 bits per heavy atom. The number of amides is 3. The van der Waals surface area contributed by atoms with Crippen LogP contribution in [-0.2, 0) is 33.6 Å². The van der Waals surface area contributed by atoms with E-state index in [2.05, 4.69) is 4.74 Å². The average Bonchev–Trinajstić information content (AvgIpc) is 3.17. The third kappa shape index (κ3) is 6.68. The molecular weight excluding hydrogens is 487 g/mol. The van der Waals surface area contributed by atoms with Crippen LogP contribution in [0.15, 0.2) is 18.2 Å². The lowest BCUT2D eigenvalue weighted by atomic mass is 9.93. The lowest BCUT2D eigenvalue weighted by molar-refractivity contribution is -0.152. The number of nitrogens with zero attached hydrogens (tertiary/aromatic N) is 2. The fourth-order valence-electron chi connectivity index (χ4n) is 3.90. The molecule has 0 saturated carbocycles. The van der Waals surface area contributed by atoms with Crippen LogP contribution < -0.4 is 4.90 Å². The van der Waals surface area contributed by atoms with Gasteiger partial charge in [0, 0.05) is 13.3 Å². The van der Waals surface area contributed by atoms with Gasteiger partial charge in [0.15, 0.2) is 0 Å². The third-order valence-corrected chi connectivity index (χ3v) is 7.56. The molecule has 3 rings (SSSR count). The van der Waals surface area contributed by atoms with Crippen molar-refractivity contribution in [3.8, 4) is 0 Å². The van der Waals surface area contributed by atoms with Crippen LogP contribution in [-0.4, -0.2) is 74.9 Å². The first-order valence-corrected chi connectivity index (χ1v) is 12.9. The summed E-state index contributed by atoms with van der Waals surface area (Å²) in [6.45, 7) is 1.66. The van der Waals surface area contributed by atoms with Gasteiger partial charge in [0.1, 0.15) is 21.8 Å². The highest BCUT2D eigenvalue weighted by Gasteiger charge is 2.36. The minimum atomic E-state index is -3.08. The first kappa shape index (κ1) is 26.4. The molecule has 2 saturated heterocycles. The van der Waals surface area contributed by atoms with Crippen LogP contribution in [0.3, 0.4) is 0 Å². The zero-order valence-electron chi connectivity index (χ0n) is 19.4. The van der Waals surface area contributed by atoms with Gasteiger partial charge < -0.3 is 14.2 Å². The van der Waals surface area contributed by atoms with Crippen molar-refractivity contribution in [3.05, 3.63) is 29.6 Å². The van der Waals surface area contributed by atoms with Crippen LogP contribution in [0.1, 0.15) is 44.6 Å². The van der Waals surface area contributed by atoms with E-state index in [9.17, 15) is 32.0 Å². The Morgan fingerprint density at radius 2 is 1.89 bits per heavy atom. The van der Waals surface area contributed by atoms with E-state index < -0.39 is 52.6 Å². The molecule has 0 spiro atoms. The number of sulfone groups is 1. The van der Waals surface area contributed by atoms with E-state index in [1.807, 2.05) is 0 Å². The molecular formula is C22H27FN2O9S. The summed E-state index contributed by atoms with van der Waals surface area (Å²) in [5.74, 6) is -2.02. The van der Waals surface area contributed by atoms with Crippen LogP contribution in [0, 0.1) is 5.82 Å². The van der Waals surface area contributed by atoms with E-state index in [-0.39, 0.29) is 42.6 Å². The van der Waals surface area contributed by atoms with E-state index in [0.717, 1.165) is 6.92 Å². The number of hydrogen-bond acceptors (Lipinski definition) is 9. The first-order chi connectivity index (χ1) is 16.5. The molecule has 1 aromatic carbocycles. The van der Waals surface area contributed by atoms with Gasteiger partial charge in [0.2, 0.25) is 12.7 Å². The Morgan fingerprint density at radius 3 is 2.49 bits per heavy atom. The summed E-state index contributed by atoms with van der Waals surface area (Å²) < 4.78 is 52.8. The van der Waals surface area contributed by atoms with E-state index in [4.69, 9.17) is 9.47 Å². The molecule has 11 nitrogen and oxygen atoms in total. The Balaban J connectivity index is 1.62. The maximum Gasteiger partial charge on any atom is 0.419 e. The number of esters is 1. The van der Waals surface area contributed by atoms with Crippen molar-refractivity contribution in [3.63, 3.8) is 0 Å². The third-order valence-electron chi connectivity index (χ3n) is 5.84. The number of cyclic esters (lactones) is 1. The number of imide groups is 1. The number of anilines is 1. The predicted molar refractivity (Wildman–Crippen MR) is 120 cm³/mol. The summed E-state index contributed by atoms with van der Waals surface area (Å²) in [5, 5.41) is 0. The lowest BCUT2D eigenvalue weighted by Gasteiger charge is -2.23. The molecule has 0 aromatic heterocycles. The zero-order valence-corrected chi connectivity index (χ0v) is 20.2. The number of carbonyl (C=O) groups is 4. The molecule has 0 bridgehead atoms. The minimum absolute atomic E-state index is 0.00904. The van der Waals surface area contributed by atoms with Crippen LogP contribution in [0.4, 0.5) is 19.7 Å². The van der Waals surface area contributed by atoms with Crippen molar-refractivity contribution in [2.75, 3.05) is 36.3 Å². The highest BCUT2D eigenvalue weighted by molar-refractivity contribution is 7.91. The molecule has 0 N–H and O–H groups in total. The largest absolute Gasteiger partial charge is 0.442 e. The van der Waals surface area contributed by atoms with Gasteiger partial charge in [-0.2, -0.15) is 0 Å². The smallest absolute Gasteiger partial charge is 0.419 e. The summed E-state index contributed by atoms with van der Waals surface area (Å²) in [5.41, 5.74) is 0.618. The van der Waals surface area contributed by atoms with Gasteiger partial charge in [-0.25, -0.2) is 27.3 Å². The van der Waals surface area contributed by atoms with Gasteiger partial charge in [-0.05, 0) is 36.5 Å². The second-order valence-electron chi connectivity index (χ2n) is 8.28. The topological polar surface area (TPSA) is 137 Å². The molecule has 3 amide bonds. The van der Waals surface area contributed by atoms with Crippen LogP contribution in [0.2, 0.25) is 0 Å². The minimum Gasteiger partial charge on any atom is -0.442 e. The van der Waals surface area contributed by atoms with Gasteiger partial charge in [0.05, 0.1) is 30.3 Å². The highest BCUT2D eigenvalue weighted by Crippen LogP contribution is 2.33. The van der Waals surface area contributed by atoms with Crippen molar-refractivity contribution < 1.29 is 46.2 Å². The monoisotopic (exact) mass is 514 g/mol. The molecule has 2 fully saturated rings. The molecule has 13 heteroatoms.